The van der Waals surface area contributed by atoms with Gasteiger partial charge in [-0.15, -0.1) is 0 Å². The Morgan fingerprint density at radius 1 is 1.03 bits per heavy atom. The Morgan fingerprint density at radius 2 is 1.78 bits per heavy atom. The fourth-order valence-corrected chi connectivity index (χ4v) is 4.27. The first kappa shape index (κ1) is 23.0. The lowest BCUT2D eigenvalue weighted by molar-refractivity contribution is -0.137. The third-order valence-corrected chi connectivity index (χ3v) is 6.05. The molecule has 1 aliphatic rings. The van der Waals surface area contributed by atoms with Gasteiger partial charge in [0.15, 0.2) is 11.8 Å². The van der Waals surface area contributed by atoms with E-state index in [4.69, 9.17) is 0 Å². The molecule has 36 heavy (non-hydrogen) atoms. The third-order valence-electron chi connectivity index (χ3n) is 6.05. The molecule has 182 valence electrons. The fourth-order valence-electron chi connectivity index (χ4n) is 4.27. The summed E-state index contributed by atoms with van der Waals surface area (Å²) in [6, 6.07) is 20.9. The van der Waals surface area contributed by atoms with E-state index in [1.807, 2.05) is 30.3 Å². The lowest BCUT2D eigenvalue weighted by Gasteiger charge is -2.18. The summed E-state index contributed by atoms with van der Waals surface area (Å²) in [6.45, 7) is 1.54. The largest absolute Gasteiger partial charge is 0.494 e. The van der Waals surface area contributed by atoms with Crippen molar-refractivity contribution in [2.24, 2.45) is 4.99 Å². The zero-order valence-electron chi connectivity index (χ0n) is 19.3. The molecule has 0 saturated carbocycles. The summed E-state index contributed by atoms with van der Waals surface area (Å²) < 4.78 is 1.56. The van der Waals surface area contributed by atoms with Crippen LogP contribution in [0.2, 0.25) is 0 Å². The molecule has 4 aromatic rings. The van der Waals surface area contributed by atoms with Crippen molar-refractivity contribution in [2.45, 2.75) is 12.5 Å². The van der Waals surface area contributed by atoms with Crippen LogP contribution in [0.1, 0.15) is 28.4 Å². The monoisotopic (exact) mass is 483 g/mol. The second kappa shape index (κ2) is 9.83. The molecular weight excluding hydrogens is 458 g/mol. The summed E-state index contributed by atoms with van der Waals surface area (Å²) in [5, 5.41) is 30.8. The van der Waals surface area contributed by atoms with Crippen molar-refractivity contribution in [3.8, 4) is 5.88 Å². The van der Waals surface area contributed by atoms with Crippen LogP contribution in [0.15, 0.2) is 84.0 Å². The summed E-state index contributed by atoms with van der Waals surface area (Å²) in [6.07, 6.45) is 1.54. The first-order valence-corrected chi connectivity index (χ1v) is 11.5. The molecule has 9 nitrogen and oxygen atoms in total. The predicted octanol–water partition coefficient (Wildman–Crippen LogP) is 4.03. The van der Waals surface area contributed by atoms with E-state index < -0.39 is 12.0 Å². The zero-order valence-corrected chi connectivity index (χ0v) is 19.3. The highest BCUT2D eigenvalue weighted by Gasteiger charge is 2.22. The fraction of sp³-hybridized carbons (Fsp3) is 0.148. The maximum absolute atomic E-state index is 12.8. The number of carboxylic acids is 1. The van der Waals surface area contributed by atoms with Crippen molar-refractivity contribution in [1.82, 2.24) is 9.88 Å². The van der Waals surface area contributed by atoms with E-state index in [1.165, 1.54) is 0 Å². The Morgan fingerprint density at radius 3 is 2.47 bits per heavy atom. The highest BCUT2D eigenvalue weighted by molar-refractivity contribution is 6.06. The van der Waals surface area contributed by atoms with Crippen LogP contribution in [-0.2, 0) is 4.79 Å². The molecule has 0 fully saturated rings. The molecule has 0 bridgehead atoms. The zero-order chi connectivity index (χ0) is 25.1. The Balaban J connectivity index is 1.36. The Kier molecular flexibility index (Phi) is 6.27. The number of aliphatic carboxylic acids is 1. The minimum absolute atomic E-state index is 0.0601. The van der Waals surface area contributed by atoms with Crippen LogP contribution >= 0.6 is 0 Å². The lowest BCUT2D eigenvalue weighted by Crippen LogP contribution is -2.26. The van der Waals surface area contributed by atoms with E-state index in [9.17, 15) is 19.8 Å². The summed E-state index contributed by atoms with van der Waals surface area (Å²) in [5.74, 6) is -0.605. The highest BCUT2D eigenvalue weighted by Crippen LogP contribution is 2.35. The van der Waals surface area contributed by atoms with Crippen molar-refractivity contribution in [2.75, 3.05) is 23.7 Å². The van der Waals surface area contributed by atoms with Gasteiger partial charge in [0.2, 0.25) is 0 Å². The predicted molar refractivity (Wildman–Crippen MR) is 139 cm³/mol. The number of anilines is 2. The maximum atomic E-state index is 12.8. The molecule has 1 aliphatic heterocycles. The van der Waals surface area contributed by atoms with Gasteiger partial charge in [0.25, 0.3) is 5.91 Å². The first-order chi connectivity index (χ1) is 17.5. The van der Waals surface area contributed by atoms with Gasteiger partial charge in [0.1, 0.15) is 0 Å². The number of guanidine groups is 1. The second-order valence-corrected chi connectivity index (χ2v) is 8.50. The molecule has 9 heteroatoms. The van der Waals surface area contributed by atoms with Gasteiger partial charge in [0.05, 0.1) is 19.0 Å². The molecule has 3 aromatic carbocycles. The average molecular weight is 484 g/mol. The van der Waals surface area contributed by atoms with Crippen LogP contribution < -0.4 is 16.0 Å². The number of fused-ring (bicyclic) bond motifs is 1. The summed E-state index contributed by atoms with van der Waals surface area (Å²) in [5.41, 5.74) is 2.59. The minimum Gasteiger partial charge on any atom is -0.494 e. The number of amides is 1. The van der Waals surface area contributed by atoms with E-state index in [-0.39, 0.29) is 18.2 Å². The molecule has 2 heterocycles. The number of nitrogens with one attached hydrogen (secondary N) is 3. The summed E-state index contributed by atoms with van der Waals surface area (Å²) in [4.78, 5) is 28.6. The molecule has 1 unspecified atom stereocenters. The van der Waals surface area contributed by atoms with Gasteiger partial charge in [-0.2, -0.15) is 0 Å². The van der Waals surface area contributed by atoms with E-state index in [2.05, 4.69) is 20.9 Å². The van der Waals surface area contributed by atoms with Gasteiger partial charge < -0.3 is 30.7 Å². The number of hydrogen-bond acceptors (Lipinski definition) is 6. The topological polar surface area (TPSA) is 128 Å². The van der Waals surface area contributed by atoms with Crippen LogP contribution in [0.5, 0.6) is 5.88 Å². The molecule has 5 rings (SSSR count). The number of nitrogens with zero attached hydrogens (tertiary/aromatic N) is 2. The number of carbonyl (C=O) groups excluding carboxylic acids is 1. The number of aromatic nitrogens is 1. The number of aliphatic imine (C=N–C) groups is 1. The van der Waals surface area contributed by atoms with Gasteiger partial charge in [0, 0.05) is 40.5 Å². The van der Waals surface area contributed by atoms with E-state index in [0.29, 0.717) is 22.6 Å². The third kappa shape index (κ3) is 4.85. The van der Waals surface area contributed by atoms with E-state index in [1.54, 1.807) is 53.2 Å². The van der Waals surface area contributed by atoms with Crippen LogP contribution in [0, 0.1) is 0 Å². The molecule has 1 atom stereocenters. The van der Waals surface area contributed by atoms with E-state index >= 15 is 0 Å². The molecule has 1 aromatic heterocycles. The number of carboxylic acid groups (broad SMARTS) is 1. The Labute approximate surface area is 207 Å². The van der Waals surface area contributed by atoms with Crippen molar-refractivity contribution in [1.29, 1.82) is 0 Å². The SMILES string of the molecule is O=C(O)CC(c1ccccc1)n1cc2ccc(NC(=O)c3ccc(NC4=NCCN4)cc3)cc2c1O. The first-order valence-electron chi connectivity index (χ1n) is 11.5. The maximum Gasteiger partial charge on any atom is 0.305 e. The van der Waals surface area contributed by atoms with Gasteiger partial charge in [-0.1, -0.05) is 36.4 Å². The molecular formula is C27H25N5O4. The molecule has 0 spiro atoms. The molecule has 0 aliphatic carbocycles. The number of benzene rings is 3. The molecule has 5 N–H and O–H groups in total. The van der Waals surface area contributed by atoms with Crippen molar-refractivity contribution in [3.05, 3.63) is 90.1 Å². The van der Waals surface area contributed by atoms with Crippen LogP contribution in [0.3, 0.4) is 0 Å². The van der Waals surface area contributed by atoms with Crippen LogP contribution in [-0.4, -0.2) is 45.7 Å². The smallest absolute Gasteiger partial charge is 0.305 e. The van der Waals surface area contributed by atoms with Gasteiger partial charge in [-0.3, -0.25) is 14.6 Å². The molecule has 0 radical (unpaired) electrons. The van der Waals surface area contributed by atoms with Crippen LogP contribution in [0.4, 0.5) is 11.4 Å². The van der Waals surface area contributed by atoms with Gasteiger partial charge in [-0.25, -0.2) is 0 Å². The van der Waals surface area contributed by atoms with Gasteiger partial charge >= 0.3 is 5.97 Å². The standard InChI is InChI=1S/C27H25N5O4/c33-24(34)15-23(17-4-2-1-3-5-17)32-16-19-8-11-21(14-22(19)26(32)36)30-25(35)18-6-9-20(10-7-18)31-27-28-12-13-29-27/h1-11,14,16,23,36H,12-13,15H2,(H,30,35)(H,33,34)(H2,28,29,31). The van der Waals surface area contributed by atoms with Crippen molar-refractivity contribution >= 4 is 40.0 Å². The van der Waals surface area contributed by atoms with Gasteiger partial charge in [-0.05, 0) is 42.0 Å². The normalized spacial score (nSPS) is 13.6. The minimum atomic E-state index is -0.970. The Hall–Kier alpha value is -4.79. The molecule has 0 saturated heterocycles. The summed E-state index contributed by atoms with van der Waals surface area (Å²) in [7, 11) is 0. The number of carbonyl (C=O) groups is 2. The van der Waals surface area contributed by atoms with Crippen molar-refractivity contribution in [3.63, 3.8) is 0 Å². The quantitative estimate of drug-likeness (QED) is 0.270. The Bertz CT molecular complexity index is 1440. The lowest BCUT2D eigenvalue weighted by atomic mass is 10.0. The van der Waals surface area contributed by atoms with E-state index in [0.717, 1.165) is 29.7 Å². The number of rotatable bonds is 7. The van der Waals surface area contributed by atoms with Crippen molar-refractivity contribution < 1.29 is 19.8 Å². The highest BCUT2D eigenvalue weighted by atomic mass is 16.4. The van der Waals surface area contributed by atoms with Crippen LogP contribution in [0.25, 0.3) is 10.8 Å². The number of aromatic hydroxyl groups is 1. The molecule has 1 amide bonds. The number of hydrogen-bond donors (Lipinski definition) is 5. The second-order valence-electron chi connectivity index (χ2n) is 8.50. The summed E-state index contributed by atoms with van der Waals surface area (Å²) >= 11 is 0. The average Bonchev–Trinajstić information content (AvgIpc) is 3.51.